The third kappa shape index (κ3) is 3.35. The lowest BCUT2D eigenvalue weighted by Crippen LogP contribution is -2.02. The van der Waals surface area contributed by atoms with Crippen molar-refractivity contribution >= 4 is 5.95 Å². The van der Waals surface area contributed by atoms with Crippen LogP contribution < -0.4 is 5.73 Å². The van der Waals surface area contributed by atoms with Gasteiger partial charge in [-0.3, -0.25) is 4.57 Å². The summed E-state index contributed by atoms with van der Waals surface area (Å²) in [5.74, 6) is 0.532. The Bertz CT molecular complexity index is 786. The molecule has 0 saturated carbocycles. The molecular formula is C21H25N3. The molecule has 0 radical (unpaired) electrons. The highest BCUT2D eigenvalue weighted by Gasteiger charge is 2.15. The molecule has 24 heavy (non-hydrogen) atoms. The Morgan fingerprint density at radius 3 is 2.33 bits per heavy atom. The Kier molecular flexibility index (Phi) is 4.99. The molecule has 2 N–H and O–H groups in total. The van der Waals surface area contributed by atoms with Crippen molar-refractivity contribution in [1.82, 2.24) is 9.55 Å². The van der Waals surface area contributed by atoms with Crippen LogP contribution in [-0.2, 0) is 6.42 Å². The van der Waals surface area contributed by atoms with E-state index in [2.05, 4.69) is 48.3 Å². The lowest BCUT2D eigenvalue weighted by Gasteiger charge is -2.12. The first-order valence-corrected chi connectivity index (χ1v) is 8.70. The second-order valence-electron chi connectivity index (χ2n) is 6.23. The van der Waals surface area contributed by atoms with Crippen LogP contribution in [0.2, 0.25) is 0 Å². The Labute approximate surface area is 144 Å². The highest BCUT2D eigenvalue weighted by atomic mass is 15.2. The molecule has 3 heteroatoms. The zero-order valence-corrected chi connectivity index (χ0v) is 14.5. The van der Waals surface area contributed by atoms with Gasteiger partial charge in [-0.2, -0.15) is 0 Å². The molecular weight excluding hydrogens is 294 g/mol. The minimum atomic E-state index is 0.532. The molecule has 0 aliphatic carbocycles. The van der Waals surface area contributed by atoms with E-state index in [9.17, 15) is 0 Å². The molecule has 124 valence electrons. The van der Waals surface area contributed by atoms with Crippen LogP contribution in [-0.4, -0.2) is 9.55 Å². The summed E-state index contributed by atoms with van der Waals surface area (Å²) in [4.78, 5) is 4.49. The van der Waals surface area contributed by atoms with Crippen molar-refractivity contribution in [2.75, 3.05) is 5.73 Å². The molecule has 1 heterocycles. The van der Waals surface area contributed by atoms with Crippen LogP contribution in [0, 0.1) is 6.92 Å². The number of rotatable bonds is 6. The van der Waals surface area contributed by atoms with Crippen molar-refractivity contribution in [3.63, 3.8) is 0 Å². The number of unbranched alkanes of at least 4 members (excludes halogenated alkanes) is 2. The lowest BCUT2D eigenvalue weighted by molar-refractivity contribution is 0.717. The van der Waals surface area contributed by atoms with Crippen LogP contribution in [0.15, 0.2) is 54.6 Å². The fourth-order valence-electron chi connectivity index (χ4n) is 3.14. The van der Waals surface area contributed by atoms with Gasteiger partial charge in [-0.05, 0) is 37.5 Å². The average molecular weight is 319 g/mol. The number of hydrogen-bond acceptors (Lipinski definition) is 2. The van der Waals surface area contributed by atoms with E-state index in [1.165, 1.54) is 24.8 Å². The van der Waals surface area contributed by atoms with E-state index in [-0.39, 0.29) is 0 Å². The number of aryl methyl sites for hydroxylation is 2. The first-order chi connectivity index (χ1) is 11.7. The van der Waals surface area contributed by atoms with E-state index in [0.29, 0.717) is 5.95 Å². The van der Waals surface area contributed by atoms with Crippen LogP contribution in [0.25, 0.3) is 16.9 Å². The predicted octanol–water partition coefficient (Wildman–Crippen LogP) is 5.16. The normalized spacial score (nSPS) is 10.9. The van der Waals surface area contributed by atoms with Crippen LogP contribution in [0.3, 0.4) is 0 Å². The van der Waals surface area contributed by atoms with Crippen molar-refractivity contribution in [1.29, 1.82) is 0 Å². The van der Waals surface area contributed by atoms with Crippen molar-refractivity contribution in [2.24, 2.45) is 0 Å². The molecule has 0 unspecified atom stereocenters. The van der Waals surface area contributed by atoms with Gasteiger partial charge in [0.2, 0.25) is 5.95 Å². The zero-order chi connectivity index (χ0) is 16.9. The van der Waals surface area contributed by atoms with E-state index in [4.69, 9.17) is 5.73 Å². The first-order valence-electron chi connectivity index (χ1n) is 8.70. The van der Waals surface area contributed by atoms with Crippen LogP contribution in [0.1, 0.15) is 37.4 Å². The molecule has 3 rings (SSSR count). The summed E-state index contributed by atoms with van der Waals surface area (Å²) in [6.07, 6.45) is 4.92. The Hall–Kier alpha value is -2.55. The minimum Gasteiger partial charge on any atom is -0.369 e. The van der Waals surface area contributed by atoms with Gasteiger partial charge in [-0.15, -0.1) is 0 Å². The second-order valence-corrected chi connectivity index (χ2v) is 6.23. The van der Waals surface area contributed by atoms with Crippen molar-refractivity contribution in [2.45, 2.75) is 39.5 Å². The fourth-order valence-corrected chi connectivity index (χ4v) is 3.14. The minimum absolute atomic E-state index is 0.532. The first kappa shape index (κ1) is 16.3. The van der Waals surface area contributed by atoms with E-state index in [0.717, 1.165) is 29.1 Å². The van der Waals surface area contributed by atoms with E-state index in [1.54, 1.807) is 0 Å². The maximum atomic E-state index is 6.20. The van der Waals surface area contributed by atoms with Crippen molar-refractivity contribution in [3.05, 3.63) is 65.9 Å². The van der Waals surface area contributed by atoms with E-state index >= 15 is 0 Å². The number of benzene rings is 2. The summed E-state index contributed by atoms with van der Waals surface area (Å²) in [5, 5.41) is 0. The number of nitrogen functional groups attached to an aromatic ring is 1. The summed E-state index contributed by atoms with van der Waals surface area (Å²) < 4.78 is 2.04. The lowest BCUT2D eigenvalue weighted by atomic mass is 10.1. The molecule has 3 aromatic rings. The molecule has 0 aliphatic heterocycles. The van der Waals surface area contributed by atoms with E-state index < -0.39 is 0 Å². The molecule has 0 atom stereocenters. The second kappa shape index (κ2) is 7.35. The Morgan fingerprint density at radius 1 is 0.958 bits per heavy atom. The number of nitrogens with two attached hydrogens (primary N) is 1. The molecule has 0 fully saturated rings. The maximum Gasteiger partial charge on any atom is 0.205 e. The molecule has 0 spiro atoms. The highest BCUT2D eigenvalue weighted by Crippen LogP contribution is 2.29. The zero-order valence-electron chi connectivity index (χ0n) is 14.5. The SMILES string of the molecule is CCCCCc1ccc(-n2c(N)nc(C)c2-c2ccccc2)cc1. The fraction of sp³-hybridized carbons (Fsp3) is 0.286. The van der Waals surface area contributed by atoms with Crippen molar-refractivity contribution in [3.8, 4) is 16.9 Å². The number of anilines is 1. The highest BCUT2D eigenvalue weighted by molar-refractivity contribution is 5.68. The van der Waals surface area contributed by atoms with Gasteiger partial charge in [-0.25, -0.2) is 4.98 Å². The molecule has 1 aromatic heterocycles. The van der Waals surface area contributed by atoms with Crippen LogP contribution >= 0.6 is 0 Å². The standard InChI is InChI=1S/C21H25N3/c1-3-4-6-9-17-12-14-19(15-13-17)24-20(16(2)23-21(24)22)18-10-7-5-8-11-18/h5,7-8,10-15H,3-4,6,9H2,1-2H3,(H2,22,23). The number of aromatic nitrogens is 2. The van der Waals surface area contributed by atoms with Crippen LogP contribution in [0.5, 0.6) is 0 Å². The number of imidazole rings is 1. The van der Waals surface area contributed by atoms with Crippen LogP contribution in [0.4, 0.5) is 5.95 Å². The molecule has 3 nitrogen and oxygen atoms in total. The van der Waals surface area contributed by atoms with Gasteiger partial charge >= 0.3 is 0 Å². The van der Waals surface area contributed by atoms with Gasteiger partial charge in [0.05, 0.1) is 11.4 Å². The molecule has 2 aromatic carbocycles. The predicted molar refractivity (Wildman–Crippen MR) is 101 cm³/mol. The average Bonchev–Trinajstić information content (AvgIpc) is 2.90. The van der Waals surface area contributed by atoms with Gasteiger partial charge in [-0.1, -0.05) is 62.2 Å². The molecule has 0 bridgehead atoms. The largest absolute Gasteiger partial charge is 0.369 e. The smallest absolute Gasteiger partial charge is 0.205 e. The Morgan fingerprint density at radius 2 is 1.67 bits per heavy atom. The molecule has 0 saturated heterocycles. The van der Waals surface area contributed by atoms with Gasteiger partial charge in [0.15, 0.2) is 0 Å². The summed E-state index contributed by atoms with van der Waals surface area (Å²) in [7, 11) is 0. The Balaban J connectivity index is 1.95. The summed E-state index contributed by atoms with van der Waals surface area (Å²) in [6.45, 7) is 4.24. The topological polar surface area (TPSA) is 43.8 Å². The monoisotopic (exact) mass is 319 g/mol. The number of nitrogens with zero attached hydrogens (tertiary/aromatic N) is 2. The van der Waals surface area contributed by atoms with Gasteiger partial charge < -0.3 is 5.73 Å². The van der Waals surface area contributed by atoms with Gasteiger partial charge in [0.25, 0.3) is 0 Å². The van der Waals surface area contributed by atoms with Gasteiger partial charge in [0.1, 0.15) is 0 Å². The van der Waals surface area contributed by atoms with Gasteiger partial charge in [0, 0.05) is 11.3 Å². The molecule has 0 aliphatic rings. The summed E-state index contributed by atoms with van der Waals surface area (Å²) in [5.41, 5.74) is 11.8. The number of hydrogen-bond donors (Lipinski definition) is 1. The third-order valence-electron chi connectivity index (χ3n) is 4.39. The summed E-state index contributed by atoms with van der Waals surface area (Å²) in [6, 6.07) is 19.0. The quantitative estimate of drug-likeness (QED) is 0.638. The van der Waals surface area contributed by atoms with E-state index in [1.807, 2.05) is 29.7 Å². The van der Waals surface area contributed by atoms with Crippen molar-refractivity contribution < 1.29 is 0 Å². The maximum absolute atomic E-state index is 6.20. The third-order valence-corrected chi connectivity index (χ3v) is 4.39. The summed E-state index contributed by atoms with van der Waals surface area (Å²) >= 11 is 0. The molecule has 0 amide bonds.